The van der Waals surface area contributed by atoms with Gasteiger partial charge in [-0.3, -0.25) is 4.79 Å². The van der Waals surface area contributed by atoms with E-state index in [1.165, 1.54) is 14.0 Å². The average molecular weight is 345 g/mol. The van der Waals surface area contributed by atoms with Gasteiger partial charge in [-0.2, -0.15) is 0 Å². The van der Waals surface area contributed by atoms with E-state index in [4.69, 9.17) is 9.47 Å². The number of fused-ring (bicyclic) bond motifs is 1. The highest BCUT2D eigenvalue weighted by Crippen LogP contribution is 2.38. The van der Waals surface area contributed by atoms with Crippen LogP contribution in [0.2, 0.25) is 0 Å². The Morgan fingerprint density at radius 2 is 2.00 bits per heavy atom. The van der Waals surface area contributed by atoms with Gasteiger partial charge in [0, 0.05) is 5.56 Å². The lowest BCUT2D eigenvalue weighted by molar-refractivity contribution is 0.0437. The molecule has 2 aromatic rings. The van der Waals surface area contributed by atoms with Crippen LogP contribution in [0.15, 0.2) is 24.3 Å². The fourth-order valence-corrected chi connectivity index (χ4v) is 3.78. The number of benzene rings is 1. The van der Waals surface area contributed by atoms with E-state index in [1.54, 1.807) is 31.2 Å². The number of Topliss-reactive ketones (excluding diaryl/α,β-unsaturated/α-hetero) is 1. The average Bonchev–Trinajstić information content (AvgIpc) is 3.05. The number of carbonyl (C=O) groups excluding carboxylic acids is 3. The molecule has 1 N–H and O–H groups in total. The fourth-order valence-electron chi connectivity index (χ4n) is 2.67. The molecule has 0 aliphatic carbocycles. The molecule has 1 atom stereocenters. The second-order valence-electron chi connectivity index (χ2n) is 5.33. The third-order valence-corrected chi connectivity index (χ3v) is 5.13. The Labute approximate surface area is 142 Å². The van der Waals surface area contributed by atoms with Crippen molar-refractivity contribution in [2.75, 3.05) is 12.4 Å². The van der Waals surface area contributed by atoms with Gasteiger partial charge >= 0.3 is 11.9 Å². The largest absolute Gasteiger partial charge is 0.465 e. The van der Waals surface area contributed by atoms with Crippen molar-refractivity contribution in [1.29, 1.82) is 0 Å². The summed E-state index contributed by atoms with van der Waals surface area (Å²) in [5.41, 5.74) is 2.01. The molecule has 24 heavy (non-hydrogen) atoms. The third-order valence-electron chi connectivity index (χ3n) is 3.81. The van der Waals surface area contributed by atoms with Gasteiger partial charge in [0.1, 0.15) is 5.00 Å². The molecule has 0 amide bonds. The van der Waals surface area contributed by atoms with E-state index in [0.29, 0.717) is 26.6 Å². The molecule has 1 aromatic heterocycles. The lowest BCUT2D eigenvalue weighted by Gasteiger charge is -2.14. The van der Waals surface area contributed by atoms with Gasteiger partial charge in [0.2, 0.25) is 6.23 Å². The molecule has 0 bridgehead atoms. The van der Waals surface area contributed by atoms with Gasteiger partial charge in [0.15, 0.2) is 5.78 Å². The molecule has 0 radical (unpaired) electrons. The number of ketones is 1. The number of ether oxygens (including phenoxy) is 2. The van der Waals surface area contributed by atoms with Crippen molar-refractivity contribution in [3.8, 4) is 0 Å². The molecule has 3 rings (SSSR count). The highest BCUT2D eigenvalue weighted by atomic mass is 32.1. The van der Waals surface area contributed by atoms with Crippen LogP contribution in [0.3, 0.4) is 0 Å². The van der Waals surface area contributed by atoms with Crippen molar-refractivity contribution in [3.05, 3.63) is 51.4 Å². The third kappa shape index (κ3) is 2.56. The minimum absolute atomic E-state index is 0.139. The summed E-state index contributed by atoms with van der Waals surface area (Å²) in [5, 5.41) is 3.49. The normalized spacial score (nSPS) is 15.6. The Kier molecular flexibility index (Phi) is 4.11. The monoisotopic (exact) mass is 345 g/mol. The predicted molar refractivity (Wildman–Crippen MR) is 88.6 cm³/mol. The number of thiophene rings is 1. The van der Waals surface area contributed by atoms with Crippen molar-refractivity contribution < 1.29 is 23.9 Å². The molecular weight excluding hydrogens is 330 g/mol. The van der Waals surface area contributed by atoms with Gasteiger partial charge < -0.3 is 14.8 Å². The van der Waals surface area contributed by atoms with Crippen LogP contribution in [0, 0.1) is 6.92 Å². The zero-order valence-electron chi connectivity index (χ0n) is 13.3. The number of rotatable bonds is 4. The van der Waals surface area contributed by atoms with Crippen molar-refractivity contribution in [1.82, 2.24) is 0 Å². The van der Waals surface area contributed by atoms with Gasteiger partial charge in [0.05, 0.1) is 23.1 Å². The number of hydrogen-bond acceptors (Lipinski definition) is 7. The quantitative estimate of drug-likeness (QED) is 0.676. The molecule has 0 spiro atoms. The molecule has 1 aliphatic heterocycles. The molecular formula is C17H15NO5S. The van der Waals surface area contributed by atoms with Crippen LogP contribution >= 0.6 is 11.3 Å². The number of nitrogens with one attached hydrogen (secondary N) is 1. The molecule has 1 aromatic carbocycles. The topological polar surface area (TPSA) is 81.7 Å². The van der Waals surface area contributed by atoms with Gasteiger partial charge in [-0.1, -0.05) is 18.2 Å². The maximum Gasteiger partial charge on any atom is 0.341 e. The lowest BCUT2D eigenvalue weighted by atomic mass is 10.1. The number of carbonyl (C=O) groups is 3. The Morgan fingerprint density at radius 1 is 1.29 bits per heavy atom. The first-order valence-corrected chi connectivity index (χ1v) is 8.04. The van der Waals surface area contributed by atoms with Gasteiger partial charge in [-0.05, 0) is 25.5 Å². The summed E-state index contributed by atoms with van der Waals surface area (Å²) in [7, 11) is 1.28. The minimum atomic E-state index is -0.713. The number of hydrogen-bond donors (Lipinski definition) is 1. The molecule has 124 valence electrons. The van der Waals surface area contributed by atoms with E-state index < -0.39 is 18.2 Å². The molecule has 6 nitrogen and oxygen atoms in total. The summed E-state index contributed by atoms with van der Waals surface area (Å²) < 4.78 is 10.1. The van der Waals surface area contributed by atoms with Crippen LogP contribution in [-0.2, 0) is 9.47 Å². The first-order chi connectivity index (χ1) is 11.4. The Morgan fingerprint density at radius 3 is 2.67 bits per heavy atom. The zero-order chi connectivity index (χ0) is 17.4. The number of cyclic esters (lactones) is 1. The maximum atomic E-state index is 12.1. The first kappa shape index (κ1) is 16.2. The van der Waals surface area contributed by atoms with Crippen LogP contribution in [0.1, 0.15) is 54.7 Å². The Balaban J connectivity index is 2.02. The van der Waals surface area contributed by atoms with Crippen LogP contribution in [0.5, 0.6) is 0 Å². The van der Waals surface area contributed by atoms with Crippen LogP contribution in [0.4, 0.5) is 5.00 Å². The van der Waals surface area contributed by atoms with Crippen molar-refractivity contribution >= 4 is 34.1 Å². The molecule has 1 aliphatic rings. The summed E-state index contributed by atoms with van der Waals surface area (Å²) in [4.78, 5) is 36.3. The summed E-state index contributed by atoms with van der Waals surface area (Å²) in [6.07, 6.45) is -0.713. The van der Waals surface area contributed by atoms with Gasteiger partial charge in [-0.15, -0.1) is 11.3 Å². The maximum absolute atomic E-state index is 12.1. The predicted octanol–water partition coefficient (Wildman–Crippen LogP) is 3.33. The van der Waals surface area contributed by atoms with E-state index in [9.17, 15) is 14.4 Å². The Bertz CT molecular complexity index is 855. The van der Waals surface area contributed by atoms with E-state index in [-0.39, 0.29) is 11.3 Å². The lowest BCUT2D eigenvalue weighted by Crippen LogP contribution is -2.13. The molecule has 0 fully saturated rings. The van der Waals surface area contributed by atoms with Crippen molar-refractivity contribution in [3.63, 3.8) is 0 Å². The molecule has 2 heterocycles. The SMILES string of the molecule is COC(=O)c1c(N[C@H]2OC(=O)c3ccccc32)sc(C(C)=O)c1C. The highest BCUT2D eigenvalue weighted by molar-refractivity contribution is 7.18. The molecule has 0 saturated carbocycles. The van der Waals surface area contributed by atoms with Gasteiger partial charge in [0.25, 0.3) is 0 Å². The number of esters is 2. The second-order valence-corrected chi connectivity index (χ2v) is 6.35. The summed E-state index contributed by atoms with van der Waals surface area (Å²) in [6, 6.07) is 7.02. The van der Waals surface area contributed by atoms with E-state index in [0.717, 1.165) is 11.3 Å². The van der Waals surface area contributed by atoms with Crippen LogP contribution in [0.25, 0.3) is 0 Å². The summed E-state index contributed by atoms with van der Waals surface area (Å²) in [6.45, 7) is 3.13. The van der Waals surface area contributed by atoms with E-state index in [2.05, 4.69) is 5.32 Å². The molecule has 0 saturated heterocycles. The number of anilines is 1. The fraction of sp³-hybridized carbons (Fsp3) is 0.235. The van der Waals surface area contributed by atoms with Crippen molar-refractivity contribution in [2.24, 2.45) is 0 Å². The summed E-state index contributed by atoms with van der Waals surface area (Å²) in [5.74, 6) is -1.11. The smallest absolute Gasteiger partial charge is 0.341 e. The number of methoxy groups -OCH3 is 1. The van der Waals surface area contributed by atoms with Gasteiger partial charge in [-0.25, -0.2) is 9.59 Å². The Hall–Kier alpha value is -2.67. The molecule has 0 unspecified atom stereocenters. The van der Waals surface area contributed by atoms with E-state index >= 15 is 0 Å². The summed E-state index contributed by atoms with van der Waals surface area (Å²) >= 11 is 1.15. The molecule has 7 heteroatoms. The van der Waals surface area contributed by atoms with E-state index in [1.807, 2.05) is 0 Å². The zero-order valence-corrected chi connectivity index (χ0v) is 14.2. The van der Waals surface area contributed by atoms with Crippen LogP contribution < -0.4 is 5.32 Å². The standard InChI is InChI=1S/C17H15NO5S/c1-8-12(17(21)22-3)15(24-13(8)9(2)19)18-14-10-6-4-5-7-11(10)16(20)23-14/h4-7,14,18H,1-3H3/t14-/m0/s1. The van der Waals surface area contributed by atoms with Crippen molar-refractivity contribution in [2.45, 2.75) is 20.1 Å². The second kappa shape index (κ2) is 6.09. The minimum Gasteiger partial charge on any atom is -0.465 e. The highest BCUT2D eigenvalue weighted by Gasteiger charge is 2.33. The van der Waals surface area contributed by atoms with Crippen LogP contribution in [-0.4, -0.2) is 24.8 Å². The first-order valence-electron chi connectivity index (χ1n) is 7.23.